The van der Waals surface area contributed by atoms with Gasteiger partial charge in [-0.15, -0.1) is 0 Å². The van der Waals surface area contributed by atoms with Gasteiger partial charge in [0, 0.05) is 13.1 Å². The number of nitrogens with one attached hydrogen (secondary N) is 2. The quantitative estimate of drug-likeness (QED) is 0.786. The molecule has 0 aromatic rings. The van der Waals surface area contributed by atoms with Gasteiger partial charge >= 0.3 is 6.18 Å². The molecule has 1 aliphatic heterocycles. The summed E-state index contributed by atoms with van der Waals surface area (Å²) in [6, 6.07) is -0.162. The fourth-order valence-electron chi connectivity index (χ4n) is 2.69. The van der Waals surface area contributed by atoms with Gasteiger partial charge in [0.05, 0.1) is 12.6 Å². The zero-order valence-electron chi connectivity index (χ0n) is 13.0. The van der Waals surface area contributed by atoms with E-state index in [1.807, 2.05) is 13.8 Å². The van der Waals surface area contributed by atoms with E-state index < -0.39 is 12.7 Å². The van der Waals surface area contributed by atoms with Crippen molar-refractivity contribution in [2.45, 2.75) is 51.4 Å². The van der Waals surface area contributed by atoms with Crippen LogP contribution in [-0.4, -0.2) is 55.7 Å². The number of piperidine rings is 1. The molecule has 0 spiro atoms. The highest BCUT2D eigenvalue weighted by Crippen LogP contribution is 2.20. The number of rotatable bonds is 6. The molecule has 7 heteroatoms. The Morgan fingerprint density at radius 1 is 1.29 bits per heavy atom. The van der Waals surface area contributed by atoms with Crippen molar-refractivity contribution in [3.63, 3.8) is 0 Å². The lowest BCUT2D eigenvalue weighted by atomic mass is 9.99. The van der Waals surface area contributed by atoms with Crippen molar-refractivity contribution in [2.75, 3.05) is 26.7 Å². The highest BCUT2D eigenvalue weighted by molar-refractivity contribution is 5.81. The van der Waals surface area contributed by atoms with Gasteiger partial charge in [-0.25, -0.2) is 0 Å². The van der Waals surface area contributed by atoms with Crippen molar-refractivity contribution in [2.24, 2.45) is 5.92 Å². The first-order chi connectivity index (χ1) is 9.71. The van der Waals surface area contributed by atoms with Crippen LogP contribution in [0.2, 0.25) is 0 Å². The summed E-state index contributed by atoms with van der Waals surface area (Å²) in [7, 11) is 1.60. The maximum absolute atomic E-state index is 12.3. The summed E-state index contributed by atoms with van der Waals surface area (Å²) in [5.74, 6) is 0.325. The first-order valence-electron chi connectivity index (χ1n) is 7.48. The van der Waals surface area contributed by atoms with E-state index in [2.05, 4.69) is 10.6 Å². The second-order valence-electron chi connectivity index (χ2n) is 6.13. The van der Waals surface area contributed by atoms with Crippen LogP contribution in [0.1, 0.15) is 33.1 Å². The summed E-state index contributed by atoms with van der Waals surface area (Å²) >= 11 is 0. The van der Waals surface area contributed by atoms with Crippen LogP contribution >= 0.6 is 0 Å². The third kappa shape index (κ3) is 7.13. The van der Waals surface area contributed by atoms with E-state index in [-0.39, 0.29) is 18.0 Å². The fraction of sp³-hybridized carbons (Fsp3) is 0.929. The third-order valence-electron chi connectivity index (χ3n) is 3.70. The number of hydrogen-bond donors (Lipinski definition) is 2. The number of hydrogen-bond acceptors (Lipinski definition) is 3. The van der Waals surface area contributed by atoms with Crippen LogP contribution in [0.3, 0.4) is 0 Å². The molecule has 0 aromatic carbocycles. The van der Waals surface area contributed by atoms with E-state index in [1.165, 1.54) is 4.90 Å². The van der Waals surface area contributed by atoms with E-state index in [9.17, 15) is 18.0 Å². The average molecular weight is 309 g/mol. The molecule has 1 saturated heterocycles. The first kappa shape index (κ1) is 18.2. The molecule has 1 atom stereocenters. The van der Waals surface area contributed by atoms with Gasteiger partial charge in [-0.1, -0.05) is 13.8 Å². The molecule has 21 heavy (non-hydrogen) atoms. The van der Waals surface area contributed by atoms with Crippen molar-refractivity contribution >= 4 is 5.91 Å². The molecule has 1 rings (SSSR count). The number of carbonyl (C=O) groups is 1. The van der Waals surface area contributed by atoms with Crippen LogP contribution in [-0.2, 0) is 4.79 Å². The number of likely N-dealkylation sites (N-methyl/N-ethyl adjacent to an activating group) is 1. The molecule has 1 unspecified atom stereocenters. The predicted molar refractivity (Wildman–Crippen MR) is 76.0 cm³/mol. The Balaban J connectivity index is 2.43. The molecule has 124 valence electrons. The molecule has 1 aliphatic rings. The monoisotopic (exact) mass is 309 g/mol. The number of halogens is 3. The van der Waals surface area contributed by atoms with Crippen LogP contribution in [0, 0.1) is 5.92 Å². The van der Waals surface area contributed by atoms with Crippen LogP contribution in [0.25, 0.3) is 0 Å². The molecule has 1 amide bonds. The molecule has 0 bridgehead atoms. The Bertz CT molecular complexity index is 326. The van der Waals surface area contributed by atoms with Gasteiger partial charge in [0.2, 0.25) is 5.91 Å². The lowest BCUT2D eigenvalue weighted by molar-refractivity contribution is -0.148. The van der Waals surface area contributed by atoms with E-state index in [4.69, 9.17) is 0 Å². The Kier molecular flexibility index (Phi) is 6.93. The highest BCUT2D eigenvalue weighted by Gasteiger charge is 2.33. The molecule has 0 radical (unpaired) electrons. The van der Waals surface area contributed by atoms with Crippen LogP contribution in [0.4, 0.5) is 13.2 Å². The molecular weight excluding hydrogens is 283 g/mol. The Hall–Kier alpha value is -0.820. The zero-order valence-corrected chi connectivity index (χ0v) is 13.0. The molecule has 0 aliphatic carbocycles. The molecule has 2 N–H and O–H groups in total. The number of carbonyl (C=O) groups excluding carboxylic acids is 1. The second kappa shape index (κ2) is 7.98. The minimum absolute atomic E-state index is 0.0542. The van der Waals surface area contributed by atoms with Gasteiger partial charge in [0.15, 0.2) is 0 Å². The van der Waals surface area contributed by atoms with Gasteiger partial charge in [0.1, 0.15) is 0 Å². The zero-order chi connectivity index (χ0) is 16.0. The second-order valence-corrected chi connectivity index (χ2v) is 6.13. The third-order valence-corrected chi connectivity index (χ3v) is 3.70. The SMILES string of the molecule is CNC(=O)C(CC(C)C)NC1CCN(CC(F)(F)F)CC1. The topological polar surface area (TPSA) is 44.4 Å². The summed E-state index contributed by atoms with van der Waals surface area (Å²) < 4.78 is 37.0. The molecule has 0 saturated carbocycles. The minimum Gasteiger partial charge on any atom is -0.358 e. The van der Waals surface area contributed by atoms with E-state index in [0.29, 0.717) is 31.8 Å². The number of nitrogens with zero attached hydrogens (tertiary/aromatic N) is 1. The predicted octanol–water partition coefficient (Wildman–Crippen LogP) is 1.76. The van der Waals surface area contributed by atoms with E-state index >= 15 is 0 Å². The van der Waals surface area contributed by atoms with Crippen molar-refractivity contribution < 1.29 is 18.0 Å². The molecule has 1 fully saturated rings. The summed E-state index contributed by atoms with van der Waals surface area (Å²) in [5.41, 5.74) is 0. The normalized spacial score (nSPS) is 19.8. The summed E-state index contributed by atoms with van der Waals surface area (Å²) in [6.45, 7) is 4.08. The highest BCUT2D eigenvalue weighted by atomic mass is 19.4. The smallest absolute Gasteiger partial charge is 0.358 e. The van der Waals surface area contributed by atoms with Crippen LogP contribution in [0.5, 0.6) is 0 Å². The Morgan fingerprint density at radius 2 is 1.86 bits per heavy atom. The van der Waals surface area contributed by atoms with Crippen molar-refractivity contribution in [3.8, 4) is 0 Å². The minimum atomic E-state index is -4.14. The largest absolute Gasteiger partial charge is 0.401 e. The summed E-state index contributed by atoms with van der Waals surface area (Å²) in [4.78, 5) is 13.3. The summed E-state index contributed by atoms with van der Waals surface area (Å²) in [5, 5.41) is 5.94. The lowest BCUT2D eigenvalue weighted by Gasteiger charge is -2.34. The van der Waals surface area contributed by atoms with Gasteiger partial charge in [0.25, 0.3) is 0 Å². The van der Waals surface area contributed by atoms with Gasteiger partial charge < -0.3 is 10.6 Å². The van der Waals surface area contributed by atoms with E-state index in [1.54, 1.807) is 7.05 Å². The van der Waals surface area contributed by atoms with Gasteiger partial charge in [-0.3, -0.25) is 9.69 Å². The van der Waals surface area contributed by atoms with Crippen molar-refractivity contribution in [1.29, 1.82) is 0 Å². The van der Waals surface area contributed by atoms with Gasteiger partial charge in [-0.2, -0.15) is 13.2 Å². The molecule has 0 aromatic heterocycles. The molecular formula is C14H26F3N3O. The molecule has 4 nitrogen and oxygen atoms in total. The fourth-order valence-corrected chi connectivity index (χ4v) is 2.69. The average Bonchev–Trinajstić information content (AvgIpc) is 2.37. The van der Waals surface area contributed by atoms with E-state index in [0.717, 1.165) is 6.42 Å². The molecule has 1 heterocycles. The first-order valence-corrected chi connectivity index (χ1v) is 7.48. The van der Waals surface area contributed by atoms with Crippen molar-refractivity contribution in [1.82, 2.24) is 15.5 Å². The number of likely N-dealkylation sites (tertiary alicyclic amines) is 1. The Morgan fingerprint density at radius 3 is 2.29 bits per heavy atom. The van der Waals surface area contributed by atoms with Crippen molar-refractivity contribution in [3.05, 3.63) is 0 Å². The van der Waals surface area contributed by atoms with Crippen LogP contribution in [0.15, 0.2) is 0 Å². The number of amides is 1. The Labute approximate surface area is 124 Å². The number of alkyl halides is 3. The standard InChI is InChI=1S/C14H26F3N3O/c1-10(2)8-12(13(21)18-3)19-11-4-6-20(7-5-11)9-14(15,16)17/h10-12,19H,4-9H2,1-3H3,(H,18,21). The maximum atomic E-state index is 12.3. The maximum Gasteiger partial charge on any atom is 0.401 e. The van der Waals surface area contributed by atoms with Gasteiger partial charge in [-0.05, 0) is 38.3 Å². The summed E-state index contributed by atoms with van der Waals surface area (Å²) in [6.07, 6.45) is -2.13. The lowest BCUT2D eigenvalue weighted by Crippen LogP contribution is -2.52. The van der Waals surface area contributed by atoms with Crippen LogP contribution < -0.4 is 10.6 Å².